The first-order chi connectivity index (χ1) is 10.1. The number of benzene rings is 2. The fourth-order valence-electron chi connectivity index (χ4n) is 1.88. The maximum Gasteiger partial charge on any atom is 0.170 e. The van der Waals surface area contributed by atoms with Gasteiger partial charge in [0.15, 0.2) is 17.4 Å². The van der Waals surface area contributed by atoms with Crippen molar-refractivity contribution in [1.82, 2.24) is 0 Å². The van der Waals surface area contributed by atoms with Gasteiger partial charge in [-0.15, -0.1) is 0 Å². The Morgan fingerprint density at radius 1 is 1.33 bits per heavy atom. The molecule has 0 heterocycles. The Morgan fingerprint density at radius 3 is 2.81 bits per heavy atom. The number of nitrogens with two attached hydrogens (primary N) is 1. The maximum absolute atomic E-state index is 13.6. The number of oxime groups is 1. The van der Waals surface area contributed by atoms with Crippen LogP contribution in [0, 0.1) is 5.82 Å². The van der Waals surface area contributed by atoms with Crippen LogP contribution in [0.3, 0.4) is 0 Å². The van der Waals surface area contributed by atoms with Crippen LogP contribution in [0.2, 0.25) is 0 Å². The molecule has 0 aliphatic rings. The standard InChI is InChI=1S/C15H16FN3O2/c1-21-14-6-5-12(8-13(14)16)18-9-10-3-2-4-11(7-10)15(17)19-20/h2-8,18,20H,9H2,1H3,(H2,17,19). The molecule has 2 aromatic rings. The van der Waals surface area contributed by atoms with Crippen molar-refractivity contribution in [2.24, 2.45) is 10.9 Å². The molecule has 0 aliphatic heterocycles. The summed E-state index contributed by atoms with van der Waals surface area (Å²) in [7, 11) is 1.42. The molecule has 2 rings (SSSR count). The summed E-state index contributed by atoms with van der Waals surface area (Å²) in [6.45, 7) is 0.484. The van der Waals surface area contributed by atoms with Crippen LogP contribution in [0.1, 0.15) is 11.1 Å². The third kappa shape index (κ3) is 3.62. The average molecular weight is 289 g/mol. The molecule has 0 spiro atoms. The molecule has 0 aromatic heterocycles. The van der Waals surface area contributed by atoms with E-state index in [9.17, 15) is 4.39 Å². The summed E-state index contributed by atoms with van der Waals surface area (Å²) >= 11 is 0. The molecule has 21 heavy (non-hydrogen) atoms. The summed E-state index contributed by atoms with van der Waals surface area (Å²) in [4.78, 5) is 0. The SMILES string of the molecule is COc1ccc(NCc2cccc(C(N)=NO)c2)cc1F. The number of rotatable bonds is 5. The molecule has 0 saturated heterocycles. The zero-order valence-electron chi connectivity index (χ0n) is 11.5. The highest BCUT2D eigenvalue weighted by Gasteiger charge is 2.04. The number of methoxy groups -OCH3 is 1. The van der Waals surface area contributed by atoms with Crippen LogP contribution in [0.25, 0.3) is 0 Å². The van der Waals surface area contributed by atoms with Crippen molar-refractivity contribution >= 4 is 11.5 Å². The smallest absolute Gasteiger partial charge is 0.170 e. The van der Waals surface area contributed by atoms with Crippen molar-refractivity contribution in [3.63, 3.8) is 0 Å². The number of anilines is 1. The summed E-state index contributed by atoms with van der Waals surface area (Å²) in [6.07, 6.45) is 0. The van der Waals surface area contributed by atoms with Gasteiger partial charge in [0.1, 0.15) is 0 Å². The van der Waals surface area contributed by atoms with E-state index in [2.05, 4.69) is 10.5 Å². The summed E-state index contributed by atoms with van der Waals surface area (Å²) in [6, 6.07) is 11.9. The second kappa shape index (κ2) is 6.60. The lowest BCUT2D eigenvalue weighted by Crippen LogP contribution is -2.13. The van der Waals surface area contributed by atoms with E-state index in [0.29, 0.717) is 17.8 Å². The lowest BCUT2D eigenvalue weighted by atomic mass is 10.1. The summed E-state index contributed by atoms with van der Waals surface area (Å²) < 4.78 is 18.4. The molecule has 0 fully saturated rings. The molecule has 0 radical (unpaired) electrons. The van der Waals surface area contributed by atoms with E-state index in [1.54, 1.807) is 30.3 Å². The maximum atomic E-state index is 13.6. The third-order valence-electron chi connectivity index (χ3n) is 2.98. The normalized spacial score (nSPS) is 11.2. The molecule has 5 nitrogen and oxygen atoms in total. The van der Waals surface area contributed by atoms with E-state index in [-0.39, 0.29) is 11.6 Å². The van der Waals surface area contributed by atoms with Gasteiger partial charge in [0.05, 0.1) is 7.11 Å². The quantitative estimate of drug-likeness (QED) is 0.342. The molecular weight excluding hydrogens is 273 g/mol. The predicted molar refractivity (Wildman–Crippen MR) is 79.2 cm³/mol. The molecule has 4 N–H and O–H groups in total. The largest absolute Gasteiger partial charge is 0.494 e. The van der Waals surface area contributed by atoms with Gasteiger partial charge in [-0.3, -0.25) is 0 Å². The van der Waals surface area contributed by atoms with E-state index >= 15 is 0 Å². The summed E-state index contributed by atoms with van der Waals surface area (Å²) in [5.74, 6) is -0.172. The van der Waals surface area contributed by atoms with Crippen LogP contribution in [0.4, 0.5) is 10.1 Å². The van der Waals surface area contributed by atoms with Crippen molar-refractivity contribution in [3.8, 4) is 5.75 Å². The molecule has 6 heteroatoms. The highest BCUT2D eigenvalue weighted by Crippen LogP contribution is 2.21. The van der Waals surface area contributed by atoms with E-state index < -0.39 is 5.82 Å². The Hall–Kier alpha value is -2.76. The van der Waals surface area contributed by atoms with Crippen LogP contribution >= 0.6 is 0 Å². The predicted octanol–water partition coefficient (Wildman–Crippen LogP) is 2.54. The number of ether oxygens (including phenoxy) is 1. The van der Waals surface area contributed by atoms with Gasteiger partial charge in [0.25, 0.3) is 0 Å². The minimum atomic E-state index is -0.423. The van der Waals surface area contributed by atoms with Gasteiger partial charge < -0.3 is 21.0 Å². The van der Waals surface area contributed by atoms with Crippen molar-refractivity contribution < 1.29 is 14.3 Å². The van der Waals surface area contributed by atoms with Crippen molar-refractivity contribution in [1.29, 1.82) is 0 Å². The Kier molecular flexibility index (Phi) is 4.61. The van der Waals surface area contributed by atoms with Crippen LogP contribution in [0.15, 0.2) is 47.6 Å². The lowest BCUT2D eigenvalue weighted by Gasteiger charge is -2.09. The van der Waals surface area contributed by atoms with Crippen LogP contribution in [0.5, 0.6) is 5.75 Å². The number of hydrogen-bond acceptors (Lipinski definition) is 4. The van der Waals surface area contributed by atoms with Gasteiger partial charge in [0, 0.05) is 23.9 Å². The monoisotopic (exact) mass is 289 g/mol. The molecule has 0 amide bonds. The molecule has 2 aromatic carbocycles. The lowest BCUT2D eigenvalue weighted by molar-refractivity contribution is 0.318. The van der Waals surface area contributed by atoms with Gasteiger partial charge in [-0.2, -0.15) is 0 Å². The third-order valence-corrected chi connectivity index (χ3v) is 2.98. The number of amidine groups is 1. The molecular formula is C15H16FN3O2. The molecule has 110 valence electrons. The topological polar surface area (TPSA) is 79.9 Å². The first kappa shape index (κ1) is 14.6. The highest BCUT2D eigenvalue weighted by atomic mass is 19.1. The molecule has 0 unspecified atom stereocenters. The van der Waals surface area contributed by atoms with Gasteiger partial charge in [-0.1, -0.05) is 23.4 Å². The van der Waals surface area contributed by atoms with Gasteiger partial charge in [0.2, 0.25) is 0 Å². The highest BCUT2D eigenvalue weighted by molar-refractivity contribution is 5.97. The van der Waals surface area contributed by atoms with Crippen molar-refractivity contribution in [2.45, 2.75) is 6.54 Å². The van der Waals surface area contributed by atoms with E-state index in [1.807, 2.05) is 6.07 Å². The molecule has 0 aliphatic carbocycles. The molecule has 0 atom stereocenters. The van der Waals surface area contributed by atoms with Gasteiger partial charge in [-0.05, 0) is 23.8 Å². The molecule has 0 saturated carbocycles. The Balaban J connectivity index is 2.08. The fourth-order valence-corrected chi connectivity index (χ4v) is 1.88. The first-order valence-corrected chi connectivity index (χ1v) is 6.28. The average Bonchev–Trinajstić information content (AvgIpc) is 2.52. The number of halogens is 1. The molecule has 0 bridgehead atoms. The zero-order chi connectivity index (χ0) is 15.2. The fraction of sp³-hybridized carbons (Fsp3) is 0.133. The van der Waals surface area contributed by atoms with Crippen molar-refractivity contribution in [2.75, 3.05) is 12.4 Å². The number of nitrogens with zero attached hydrogens (tertiary/aromatic N) is 1. The van der Waals surface area contributed by atoms with Crippen molar-refractivity contribution in [3.05, 3.63) is 59.4 Å². The van der Waals surface area contributed by atoms with Crippen LogP contribution in [-0.2, 0) is 6.54 Å². The van der Waals surface area contributed by atoms with E-state index in [0.717, 1.165) is 5.56 Å². The minimum absolute atomic E-state index is 0.0485. The van der Waals surface area contributed by atoms with Gasteiger partial charge in [-0.25, -0.2) is 4.39 Å². The van der Waals surface area contributed by atoms with Crippen LogP contribution < -0.4 is 15.8 Å². The second-order valence-corrected chi connectivity index (χ2v) is 4.39. The summed E-state index contributed by atoms with van der Waals surface area (Å²) in [5.41, 5.74) is 7.73. The minimum Gasteiger partial charge on any atom is -0.494 e. The zero-order valence-corrected chi connectivity index (χ0v) is 11.5. The Morgan fingerprint density at radius 2 is 2.14 bits per heavy atom. The summed E-state index contributed by atoms with van der Waals surface area (Å²) in [5, 5.41) is 14.7. The first-order valence-electron chi connectivity index (χ1n) is 6.28. The van der Waals surface area contributed by atoms with E-state index in [1.165, 1.54) is 13.2 Å². The van der Waals surface area contributed by atoms with E-state index in [4.69, 9.17) is 15.7 Å². The Labute approximate surface area is 121 Å². The number of nitrogens with one attached hydrogen (secondary N) is 1. The second-order valence-electron chi connectivity index (χ2n) is 4.39. The van der Waals surface area contributed by atoms with Gasteiger partial charge >= 0.3 is 0 Å². The number of hydrogen-bond donors (Lipinski definition) is 3. The Bertz CT molecular complexity index is 659. The van der Waals surface area contributed by atoms with Crippen LogP contribution in [-0.4, -0.2) is 18.2 Å².